The van der Waals surface area contributed by atoms with Crippen LogP contribution in [0.4, 0.5) is 25.0 Å². The second kappa shape index (κ2) is 7.65. The van der Waals surface area contributed by atoms with Crippen LogP contribution >= 0.6 is 0 Å². The Morgan fingerprint density at radius 3 is 2.41 bits per heavy atom. The molecule has 2 aromatic heterocycles. The molecule has 0 radical (unpaired) electrons. The van der Waals surface area contributed by atoms with E-state index in [1.54, 1.807) is 11.1 Å². The molecule has 7 nitrogen and oxygen atoms in total. The van der Waals surface area contributed by atoms with Gasteiger partial charge >= 0.3 is 6.03 Å². The fourth-order valence-electron chi connectivity index (χ4n) is 4.38. The first-order valence-electron chi connectivity index (χ1n) is 10.7. The number of nitrogens with one attached hydrogen (secondary N) is 1. The lowest BCUT2D eigenvalue weighted by Gasteiger charge is -2.37. The maximum Gasteiger partial charge on any atom is 0.329 e. The number of H-pyrrole nitrogens is 1. The molecule has 168 valence electrons. The molecule has 3 heterocycles. The SMILES string of the molecule is CCCc1cc2c3c(cnc2[nH]1)CN(c1c(F)c(OC)cc(OC)c1F)C(=O)N3C1CC1. The zero-order valence-corrected chi connectivity index (χ0v) is 18.2. The van der Waals surface area contributed by atoms with Crippen molar-refractivity contribution in [1.82, 2.24) is 9.97 Å². The maximum atomic E-state index is 15.2. The van der Waals surface area contributed by atoms with Gasteiger partial charge in [-0.2, -0.15) is 0 Å². The Balaban J connectivity index is 1.69. The molecule has 9 heteroatoms. The van der Waals surface area contributed by atoms with Gasteiger partial charge in [0.05, 0.1) is 26.5 Å². The summed E-state index contributed by atoms with van der Waals surface area (Å²) in [6.45, 7) is 2.08. The normalized spacial score (nSPS) is 16.0. The number of aromatic amines is 1. The van der Waals surface area contributed by atoms with Crippen LogP contribution in [-0.2, 0) is 13.0 Å². The van der Waals surface area contributed by atoms with Crippen molar-refractivity contribution in [3.05, 3.63) is 41.2 Å². The smallest absolute Gasteiger partial charge is 0.329 e. The number of pyridine rings is 1. The predicted octanol–water partition coefficient (Wildman–Crippen LogP) is 4.92. The molecule has 1 N–H and O–H groups in total. The number of nitrogens with zero attached hydrogens (tertiary/aromatic N) is 3. The Hall–Kier alpha value is -3.36. The second-order valence-corrected chi connectivity index (χ2v) is 8.17. The van der Waals surface area contributed by atoms with Gasteiger partial charge in [0.2, 0.25) is 0 Å². The lowest BCUT2D eigenvalue weighted by Crippen LogP contribution is -2.49. The number of urea groups is 1. The highest BCUT2D eigenvalue weighted by Gasteiger charge is 2.44. The van der Waals surface area contributed by atoms with E-state index < -0.39 is 23.4 Å². The average Bonchev–Trinajstić information content (AvgIpc) is 3.53. The van der Waals surface area contributed by atoms with E-state index in [1.807, 2.05) is 6.07 Å². The predicted molar refractivity (Wildman–Crippen MR) is 117 cm³/mol. The van der Waals surface area contributed by atoms with Crippen LogP contribution in [0.1, 0.15) is 37.4 Å². The zero-order valence-electron chi connectivity index (χ0n) is 18.2. The Bertz CT molecular complexity index is 1190. The minimum atomic E-state index is -0.945. The van der Waals surface area contributed by atoms with Crippen LogP contribution in [0.5, 0.6) is 11.5 Å². The Labute approximate surface area is 183 Å². The number of aryl methyl sites for hydroxylation is 1. The van der Waals surface area contributed by atoms with Gasteiger partial charge in [-0.1, -0.05) is 13.3 Å². The third-order valence-corrected chi connectivity index (χ3v) is 6.02. The van der Waals surface area contributed by atoms with E-state index in [9.17, 15) is 4.79 Å². The summed E-state index contributed by atoms with van der Waals surface area (Å²) in [7, 11) is 2.56. The number of benzene rings is 1. The first-order valence-corrected chi connectivity index (χ1v) is 10.7. The fourth-order valence-corrected chi connectivity index (χ4v) is 4.38. The molecule has 0 bridgehead atoms. The van der Waals surface area contributed by atoms with Gasteiger partial charge in [0.1, 0.15) is 11.3 Å². The number of anilines is 2. The van der Waals surface area contributed by atoms with Crippen molar-refractivity contribution in [2.24, 2.45) is 0 Å². The van der Waals surface area contributed by atoms with Crippen LogP contribution < -0.4 is 19.3 Å². The summed E-state index contributed by atoms with van der Waals surface area (Å²) >= 11 is 0. The number of carbonyl (C=O) groups is 1. The van der Waals surface area contributed by atoms with Gasteiger partial charge in [-0.25, -0.2) is 18.6 Å². The minimum absolute atomic E-state index is 0.0151. The third-order valence-electron chi connectivity index (χ3n) is 6.02. The van der Waals surface area contributed by atoms with Crippen LogP contribution in [0.2, 0.25) is 0 Å². The number of halogens is 2. The number of fused-ring (bicyclic) bond motifs is 3. The molecule has 2 aliphatic rings. The fraction of sp³-hybridized carbons (Fsp3) is 0.391. The number of hydrogen-bond donors (Lipinski definition) is 1. The maximum absolute atomic E-state index is 15.2. The highest BCUT2D eigenvalue weighted by Crippen LogP contribution is 2.45. The second-order valence-electron chi connectivity index (χ2n) is 8.17. The van der Waals surface area contributed by atoms with E-state index in [0.717, 1.165) is 59.0 Å². The van der Waals surface area contributed by atoms with E-state index in [1.165, 1.54) is 14.2 Å². The van der Waals surface area contributed by atoms with E-state index >= 15 is 8.78 Å². The molecule has 3 aromatic rings. The molecule has 0 atom stereocenters. The lowest BCUT2D eigenvalue weighted by atomic mass is 10.1. The minimum Gasteiger partial charge on any atom is -0.493 e. The first kappa shape index (κ1) is 20.5. The van der Waals surface area contributed by atoms with Crippen molar-refractivity contribution in [1.29, 1.82) is 0 Å². The molecule has 0 spiro atoms. The molecular formula is C23H24F2N4O3. The summed E-state index contributed by atoms with van der Waals surface area (Å²) in [5, 5.41) is 0.856. The summed E-state index contributed by atoms with van der Waals surface area (Å²) in [5.41, 5.74) is 2.77. The van der Waals surface area contributed by atoms with Gasteiger partial charge in [-0.05, 0) is 25.3 Å². The third kappa shape index (κ3) is 3.06. The van der Waals surface area contributed by atoms with E-state index in [0.29, 0.717) is 5.65 Å². The Morgan fingerprint density at radius 1 is 1.12 bits per heavy atom. The van der Waals surface area contributed by atoms with Crippen molar-refractivity contribution in [2.75, 3.05) is 24.0 Å². The highest BCUT2D eigenvalue weighted by molar-refractivity contribution is 6.12. The van der Waals surface area contributed by atoms with Crippen molar-refractivity contribution < 1.29 is 23.0 Å². The average molecular weight is 442 g/mol. The number of methoxy groups -OCH3 is 2. The molecule has 0 saturated heterocycles. The van der Waals surface area contributed by atoms with Crippen molar-refractivity contribution in [2.45, 2.75) is 45.2 Å². The monoisotopic (exact) mass is 442 g/mol. The van der Waals surface area contributed by atoms with Crippen molar-refractivity contribution in [3.63, 3.8) is 0 Å². The molecular weight excluding hydrogens is 418 g/mol. The van der Waals surface area contributed by atoms with Crippen LogP contribution in [0, 0.1) is 11.6 Å². The number of carbonyl (C=O) groups excluding carboxylic acids is 1. The summed E-state index contributed by atoms with van der Waals surface area (Å²) in [6, 6.07) is 2.67. The number of ether oxygens (including phenoxy) is 2. The van der Waals surface area contributed by atoms with Crippen LogP contribution in [0.25, 0.3) is 11.0 Å². The van der Waals surface area contributed by atoms with Gasteiger partial charge < -0.3 is 14.5 Å². The molecule has 32 heavy (non-hydrogen) atoms. The largest absolute Gasteiger partial charge is 0.493 e. The van der Waals surface area contributed by atoms with Gasteiger partial charge in [0, 0.05) is 34.9 Å². The van der Waals surface area contributed by atoms with Gasteiger partial charge in [0.25, 0.3) is 0 Å². The molecule has 2 amide bonds. The standard InChI is InChI=1S/C23H24F2N4O3/c1-4-5-13-8-15-20-12(10-26-22(15)27-13)11-28(23(30)29(20)14-6-7-14)21-18(24)16(31-2)9-17(32-3)19(21)25/h8-10,14H,4-7,11H2,1-3H3,(H,26,27). The van der Waals surface area contributed by atoms with Crippen molar-refractivity contribution >= 4 is 28.4 Å². The number of rotatable bonds is 6. The van der Waals surface area contributed by atoms with Gasteiger partial charge in [-0.3, -0.25) is 9.80 Å². The zero-order chi connectivity index (χ0) is 22.6. The van der Waals surface area contributed by atoms with Crippen LogP contribution in [0.3, 0.4) is 0 Å². The molecule has 0 unspecified atom stereocenters. The van der Waals surface area contributed by atoms with E-state index in [-0.39, 0.29) is 24.1 Å². The van der Waals surface area contributed by atoms with Crippen molar-refractivity contribution in [3.8, 4) is 11.5 Å². The molecule has 1 fully saturated rings. The highest BCUT2D eigenvalue weighted by atomic mass is 19.1. The molecule has 1 aliphatic heterocycles. The topological polar surface area (TPSA) is 70.7 Å². The molecule has 1 aliphatic carbocycles. The van der Waals surface area contributed by atoms with Crippen LogP contribution in [0.15, 0.2) is 18.3 Å². The summed E-state index contributed by atoms with van der Waals surface area (Å²) in [4.78, 5) is 24.3. The van der Waals surface area contributed by atoms with E-state index in [4.69, 9.17) is 9.47 Å². The van der Waals surface area contributed by atoms with Crippen LogP contribution in [-0.4, -0.2) is 36.3 Å². The van der Waals surface area contributed by atoms with Gasteiger partial charge in [-0.15, -0.1) is 0 Å². The summed E-state index contributed by atoms with van der Waals surface area (Å²) in [5.74, 6) is -2.28. The molecule has 5 rings (SSSR count). The number of hydrogen-bond acceptors (Lipinski definition) is 4. The first-order chi connectivity index (χ1) is 15.5. The lowest BCUT2D eigenvalue weighted by molar-refractivity contribution is 0.249. The summed E-state index contributed by atoms with van der Waals surface area (Å²) in [6.07, 6.45) is 5.19. The van der Waals surface area contributed by atoms with E-state index in [2.05, 4.69) is 16.9 Å². The Morgan fingerprint density at radius 2 is 1.81 bits per heavy atom. The van der Waals surface area contributed by atoms with Gasteiger partial charge in [0.15, 0.2) is 23.1 Å². The number of amides is 2. The molecule has 1 saturated carbocycles. The summed E-state index contributed by atoms with van der Waals surface area (Å²) < 4.78 is 40.5. The number of aromatic nitrogens is 2. The Kier molecular flexibility index (Phi) is 4.91. The molecule has 1 aromatic carbocycles. The quantitative estimate of drug-likeness (QED) is 0.588.